The fourth-order valence-electron chi connectivity index (χ4n) is 2.85. The van der Waals surface area contributed by atoms with E-state index in [2.05, 4.69) is 27.5 Å². The van der Waals surface area contributed by atoms with Gasteiger partial charge in [0.15, 0.2) is 6.33 Å². The van der Waals surface area contributed by atoms with Crippen LogP contribution < -0.4 is 0 Å². The minimum Gasteiger partial charge on any atom is -0.417 e. The minimum absolute atomic E-state index is 0. The number of pyridine rings is 2. The first kappa shape index (κ1) is 21.1. The van der Waals surface area contributed by atoms with Gasteiger partial charge in [-0.1, -0.05) is 37.0 Å². The molecule has 0 aliphatic heterocycles. The molecular formula is C21H14N8Pd. The molecule has 0 amide bonds. The second-order valence-electron chi connectivity index (χ2n) is 6.78. The van der Waals surface area contributed by atoms with E-state index in [-0.39, 0.29) is 31.9 Å². The van der Waals surface area contributed by atoms with Crippen molar-refractivity contribution in [3.63, 3.8) is 0 Å². The zero-order chi connectivity index (χ0) is 20.4. The maximum atomic E-state index is 8.97. The summed E-state index contributed by atoms with van der Waals surface area (Å²) in [5.41, 5.74) is 1.38. The zero-order valence-electron chi connectivity index (χ0n) is 16.0. The Hall–Kier alpha value is -3.64. The van der Waals surface area contributed by atoms with E-state index in [1.165, 1.54) is 0 Å². The molecule has 0 aliphatic rings. The van der Waals surface area contributed by atoms with E-state index >= 15 is 0 Å². The number of imidazole rings is 2. The fraction of sp³-hybridized carbons (Fsp3) is 0.143. The van der Waals surface area contributed by atoms with Crippen LogP contribution in [-0.2, 0) is 25.8 Å². The van der Waals surface area contributed by atoms with Crippen LogP contribution in [0.4, 0.5) is 5.82 Å². The van der Waals surface area contributed by atoms with E-state index in [9.17, 15) is 0 Å². The summed E-state index contributed by atoms with van der Waals surface area (Å²) in [6.07, 6.45) is 8.70. The van der Waals surface area contributed by atoms with Crippen molar-refractivity contribution in [3.8, 4) is 17.7 Å². The van der Waals surface area contributed by atoms with Crippen LogP contribution in [0, 0.1) is 30.6 Å². The molecule has 0 aliphatic carbocycles. The van der Waals surface area contributed by atoms with Crippen LogP contribution >= 0.6 is 0 Å². The quantitative estimate of drug-likeness (QED) is 0.328. The molecule has 4 rings (SSSR count). The predicted molar refractivity (Wildman–Crippen MR) is 103 cm³/mol. The summed E-state index contributed by atoms with van der Waals surface area (Å²) in [7, 11) is 0. The Morgan fingerprint density at radius 2 is 1.53 bits per heavy atom. The number of hydrogen-bond donors (Lipinski definition) is 0. The van der Waals surface area contributed by atoms with Gasteiger partial charge < -0.3 is 19.0 Å². The maximum absolute atomic E-state index is 8.97. The van der Waals surface area contributed by atoms with Crippen molar-refractivity contribution in [3.05, 3.63) is 89.9 Å². The molecule has 0 aromatic carbocycles. The van der Waals surface area contributed by atoms with Gasteiger partial charge in [-0.2, -0.15) is 0 Å². The van der Waals surface area contributed by atoms with Crippen molar-refractivity contribution >= 4 is 5.82 Å². The molecule has 4 aromatic heterocycles. The van der Waals surface area contributed by atoms with Gasteiger partial charge in [0.05, 0.1) is 17.7 Å². The maximum Gasteiger partial charge on any atom is 2.00 e. The van der Waals surface area contributed by atoms with Gasteiger partial charge in [-0.15, -0.1) is 4.98 Å². The third kappa shape index (κ3) is 3.90. The standard InChI is InChI=1S/C21H14N8.Pd/c1-21(2,16-6-4-8-19(26-16)28-11-15(10-22)24-13-28)17-7-5-9-20(27-17)29-12-18(23-3)25-14-29;/h4-9,11-12H,1-2H3;/q-2;+2. The Kier molecular flexibility index (Phi) is 5.89. The van der Waals surface area contributed by atoms with Crippen LogP contribution in [0.25, 0.3) is 16.5 Å². The molecule has 0 radical (unpaired) electrons. The molecule has 0 fully saturated rings. The van der Waals surface area contributed by atoms with Crippen LogP contribution in [-0.4, -0.2) is 29.1 Å². The molecule has 0 unspecified atom stereocenters. The van der Waals surface area contributed by atoms with Gasteiger partial charge in [0, 0.05) is 28.8 Å². The number of hydrogen-bond acceptors (Lipinski definition) is 5. The number of aromatic nitrogens is 6. The Labute approximate surface area is 187 Å². The Morgan fingerprint density at radius 1 is 0.967 bits per heavy atom. The molecule has 0 atom stereocenters. The first-order valence-corrected chi connectivity index (χ1v) is 8.69. The number of nitrogens with zero attached hydrogens (tertiary/aromatic N) is 8. The zero-order valence-corrected chi connectivity index (χ0v) is 17.6. The molecule has 4 aromatic rings. The summed E-state index contributed by atoms with van der Waals surface area (Å²) in [6, 6.07) is 13.3. The summed E-state index contributed by atoms with van der Waals surface area (Å²) in [5.74, 6) is 1.50. The van der Waals surface area contributed by atoms with Gasteiger partial charge in [0.2, 0.25) is 0 Å². The van der Waals surface area contributed by atoms with Gasteiger partial charge in [-0.25, -0.2) is 5.26 Å². The molecule has 0 saturated carbocycles. The van der Waals surface area contributed by atoms with Gasteiger partial charge in [0.1, 0.15) is 0 Å². The van der Waals surface area contributed by atoms with Crippen LogP contribution in [0.1, 0.15) is 30.9 Å². The Balaban J connectivity index is 0.00000256. The third-order valence-corrected chi connectivity index (χ3v) is 4.52. The first-order chi connectivity index (χ1) is 14.0. The van der Waals surface area contributed by atoms with E-state index < -0.39 is 5.41 Å². The Morgan fingerprint density at radius 3 is 2.03 bits per heavy atom. The van der Waals surface area contributed by atoms with Gasteiger partial charge >= 0.3 is 26.2 Å². The average Bonchev–Trinajstić information content (AvgIpc) is 3.43. The summed E-state index contributed by atoms with van der Waals surface area (Å²) < 4.78 is 3.19. The van der Waals surface area contributed by atoms with Gasteiger partial charge in [-0.3, -0.25) is 9.97 Å². The number of nitriles is 1. The summed E-state index contributed by atoms with van der Waals surface area (Å²) in [5, 5.41) is 8.97. The average molecular weight is 485 g/mol. The number of rotatable bonds is 4. The normalized spacial score (nSPS) is 10.7. The molecule has 30 heavy (non-hydrogen) atoms. The van der Waals surface area contributed by atoms with Gasteiger partial charge in [-0.05, 0) is 32.2 Å². The van der Waals surface area contributed by atoms with Crippen LogP contribution in [0.2, 0.25) is 0 Å². The SMILES string of the molecule is [C-]#[N+]c1cn(-c2cccc(C(C)(C)c3cccc(-n4[c-]nc(C#N)c4)n3)n2)[c-]n1.[Pd+2]. The molecule has 4 heterocycles. The second kappa shape index (κ2) is 8.39. The van der Waals surface area contributed by atoms with Crippen molar-refractivity contribution in [1.82, 2.24) is 29.1 Å². The van der Waals surface area contributed by atoms with Crippen molar-refractivity contribution in [2.45, 2.75) is 19.3 Å². The molecule has 148 valence electrons. The van der Waals surface area contributed by atoms with Crippen LogP contribution in [0.3, 0.4) is 0 Å². The van der Waals surface area contributed by atoms with E-state index in [1.807, 2.05) is 56.3 Å². The largest absolute Gasteiger partial charge is 2.00 e. The van der Waals surface area contributed by atoms with Gasteiger partial charge in [0.25, 0.3) is 0 Å². The van der Waals surface area contributed by atoms with Crippen molar-refractivity contribution in [2.75, 3.05) is 0 Å². The topological polar surface area (TPSA) is 89.6 Å². The molecule has 0 spiro atoms. The molecule has 8 nitrogen and oxygen atoms in total. The molecular weight excluding hydrogens is 471 g/mol. The second-order valence-corrected chi connectivity index (χ2v) is 6.78. The van der Waals surface area contributed by atoms with E-state index in [0.29, 0.717) is 11.6 Å². The Bertz CT molecular complexity index is 1170. The molecule has 9 heteroatoms. The predicted octanol–water partition coefficient (Wildman–Crippen LogP) is 3.19. The van der Waals surface area contributed by atoms with Crippen molar-refractivity contribution in [2.24, 2.45) is 0 Å². The van der Waals surface area contributed by atoms with Crippen molar-refractivity contribution in [1.29, 1.82) is 5.26 Å². The molecule has 0 saturated heterocycles. The minimum atomic E-state index is -0.506. The fourth-order valence-corrected chi connectivity index (χ4v) is 2.85. The molecule has 0 bridgehead atoms. The first-order valence-electron chi connectivity index (χ1n) is 8.69. The third-order valence-electron chi connectivity index (χ3n) is 4.52. The van der Waals surface area contributed by atoms with Crippen molar-refractivity contribution < 1.29 is 20.4 Å². The summed E-state index contributed by atoms with van der Waals surface area (Å²) >= 11 is 0. The van der Waals surface area contributed by atoms with E-state index in [0.717, 1.165) is 11.4 Å². The molecule has 0 N–H and O–H groups in total. The monoisotopic (exact) mass is 484 g/mol. The van der Waals surface area contributed by atoms with E-state index in [1.54, 1.807) is 21.5 Å². The smallest absolute Gasteiger partial charge is 0.417 e. The van der Waals surface area contributed by atoms with E-state index in [4.69, 9.17) is 21.8 Å². The summed E-state index contributed by atoms with van der Waals surface area (Å²) in [6.45, 7) is 11.1. The van der Waals surface area contributed by atoms with Crippen LogP contribution in [0.5, 0.6) is 0 Å². The van der Waals surface area contributed by atoms with Crippen LogP contribution in [0.15, 0.2) is 48.8 Å². The summed E-state index contributed by atoms with van der Waals surface area (Å²) in [4.78, 5) is 20.6.